The zero-order valence-electron chi connectivity index (χ0n) is 11.8. The number of hydrogen-bond donors (Lipinski definition) is 2. The molecule has 2 aromatic carbocycles. The molecule has 2 N–H and O–H groups in total. The number of para-hydroxylation sites is 1. The summed E-state index contributed by atoms with van der Waals surface area (Å²) >= 11 is 0. The molecule has 0 fully saturated rings. The topological polar surface area (TPSA) is 52.6 Å². The van der Waals surface area contributed by atoms with Crippen molar-refractivity contribution < 1.29 is 9.90 Å². The van der Waals surface area contributed by atoms with Crippen molar-refractivity contribution >= 4 is 23.0 Å². The summed E-state index contributed by atoms with van der Waals surface area (Å²) in [6.07, 6.45) is 0. The summed E-state index contributed by atoms with van der Waals surface area (Å²) in [5.74, 6) is -0.937. The molecule has 0 aromatic heterocycles. The van der Waals surface area contributed by atoms with E-state index in [1.807, 2.05) is 50.2 Å². The Kier molecular flexibility index (Phi) is 3.94. The van der Waals surface area contributed by atoms with E-state index >= 15 is 0 Å². The van der Waals surface area contributed by atoms with E-state index in [4.69, 9.17) is 0 Å². The highest BCUT2D eigenvalue weighted by Gasteiger charge is 2.09. The fraction of sp³-hybridized carbons (Fsp3) is 0.188. The Bertz CT molecular complexity index is 636. The van der Waals surface area contributed by atoms with Gasteiger partial charge in [-0.25, -0.2) is 4.79 Å². The van der Waals surface area contributed by atoms with Crippen LogP contribution in [0.1, 0.15) is 15.9 Å². The predicted molar refractivity (Wildman–Crippen MR) is 82.2 cm³/mol. The van der Waals surface area contributed by atoms with Crippen LogP contribution in [0, 0.1) is 6.92 Å². The fourth-order valence-corrected chi connectivity index (χ4v) is 2.10. The van der Waals surface area contributed by atoms with Gasteiger partial charge in [-0.15, -0.1) is 0 Å². The predicted octanol–water partition coefficient (Wildman–Crippen LogP) is 3.50. The summed E-state index contributed by atoms with van der Waals surface area (Å²) < 4.78 is 0. The van der Waals surface area contributed by atoms with Gasteiger partial charge in [0.2, 0.25) is 0 Å². The molecule has 0 atom stereocenters. The van der Waals surface area contributed by atoms with Gasteiger partial charge in [-0.2, -0.15) is 0 Å². The van der Waals surface area contributed by atoms with Crippen molar-refractivity contribution in [3.8, 4) is 0 Å². The summed E-state index contributed by atoms with van der Waals surface area (Å²) in [6.45, 7) is 2.05. The number of hydrogen-bond acceptors (Lipinski definition) is 3. The quantitative estimate of drug-likeness (QED) is 0.892. The third kappa shape index (κ3) is 2.91. The zero-order valence-corrected chi connectivity index (χ0v) is 11.8. The van der Waals surface area contributed by atoms with Crippen LogP contribution in [0.4, 0.5) is 17.1 Å². The fourth-order valence-electron chi connectivity index (χ4n) is 2.10. The first kappa shape index (κ1) is 13.9. The lowest BCUT2D eigenvalue weighted by molar-refractivity contribution is 0.0698. The highest BCUT2D eigenvalue weighted by atomic mass is 16.4. The smallest absolute Gasteiger partial charge is 0.337 e. The molecular formula is C16H18N2O2. The number of aryl methyl sites for hydroxylation is 1. The van der Waals surface area contributed by atoms with E-state index in [0.717, 1.165) is 11.4 Å². The zero-order chi connectivity index (χ0) is 14.7. The van der Waals surface area contributed by atoms with Gasteiger partial charge >= 0.3 is 5.97 Å². The highest BCUT2D eigenvalue weighted by Crippen LogP contribution is 2.26. The molecule has 0 aliphatic rings. The Hall–Kier alpha value is -2.49. The van der Waals surface area contributed by atoms with Gasteiger partial charge in [-0.1, -0.05) is 18.2 Å². The molecule has 2 aromatic rings. The van der Waals surface area contributed by atoms with Crippen LogP contribution in [-0.2, 0) is 0 Å². The van der Waals surface area contributed by atoms with Crippen molar-refractivity contribution in [1.29, 1.82) is 0 Å². The number of rotatable bonds is 4. The van der Waals surface area contributed by atoms with Gasteiger partial charge in [0.05, 0.1) is 11.3 Å². The molecule has 4 nitrogen and oxygen atoms in total. The Labute approximate surface area is 118 Å². The van der Waals surface area contributed by atoms with Gasteiger partial charge in [0, 0.05) is 25.5 Å². The van der Waals surface area contributed by atoms with Crippen molar-refractivity contribution in [2.24, 2.45) is 0 Å². The molecule has 0 bridgehead atoms. The molecule has 4 heteroatoms. The third-order valence-corrected chi connectivity index (χ3v) is 3.13. The molecule has 0 saturated carbocycles. The van der Waals surface area contributed by atoms with Crippen LogP contribution < -0.4 is 10.2 Å². The lowest BCUT2D eigenvalue weighted by atomic mass is 10.1. The Morgan fingerprint density at radius 3 is 2.50 bits per heavy atom. The monoisotopic (exact) mass is 270 g/mol. The van der Waals surface area contributed by atoms with Crippen molar-refractivity contribution in [1.82, 2.24) is 0 Å². The van der Waals surface area contributed by atoms with Gasteiger partial charge < -0.3 is 15.3 Å². The largest absolute Gasteiger partial charge is 0.478 e. The average Bonchev–Trinajstić information content (AvgIpc) is 2.41. The van der Waals surface area contributed by atoms with Crippen molar-refractivity contribution in [2.45, 2.75) is 6.92 Å². The summed E-state index contributed by atoms with van der Waals surface area (Å²) in [6, 6.07) is 12.9. The Balaban J connectivity index is 2.36. The number of carbonyl (C=O) groups is 1. The van der Waals surface area contributed by atoms with Crippen LogP contribution in [0.3, 0.4) is 0 Å². The molecule has 0 saturated heterocycles. The molecule has 0 spiro atoms. The van der Waals surface area contributed by atoms with E-state index < -0.39 is 5.97 Å². The minimum atomic E-state index is -0.937. The maximum absolute atomic E-state index is 11.2. The maximum Gasteiger partial charge on any atom is 0.337 e. The molecule has 0 unspecified atom stereocenters. The van der Waals surface area contributed by atoms with Crippen molar-refractivity contribution in [3.63, 3.8) is 0 Å². The van der Waals surface area contributed by atoms with Crippen LogP contribution >= 0.6 is 0 Å². The molecule has 20 heavy (non-hydrogen) atoms. The molecule has 0 radical (unpaired) electrons. The normalized spacial score (nSPS) is 10.2. The van der Waals surface area contributed by atoms with Gasteiger partial charge in [0.25, 0.3) is 0 Å². The first-order valence-corrected chi connectivity index (χ1v) is 6.36. The minimum absolute atomic E-state index is 0.263. The second-order valence-electron chi connectivity index (χ2n) is 4.87. The first-order valence-electron chi connectivity index (χ1n) is 6.36. The molecule has 0 aliphatic heterocycles. The van der Waals surface area contributed by atoms with Crippen molar-refractivity contribution in [3.05, 3.63) is 53.6 Å². The van der Waals surface area contributed by atoms with Crippen LogP contribution in [0.5, 0.6) is 0 Å². The summed E-state index contributed by atoms with van der Waals surface area (Å²) in [5.41, 5.74) is 4.00. The van der Waals surface area contributed by atoms with Gasteiger partial charge in [-0.3, -0.25) is 0 Å². The van der Waals surface area contributed by atoms with Crippen LogP contribution in [0.25, 0.3) is 0 Å². The van der Waals surface area contributed by atoms with E-state index in [-0.39, 0.29) is 5.56 Å². The number of aromatic carboxylic acids is 1. The molecule has 104 valence electrons. The Morgan fingerprint density at radius 2 is 1.85 bits per heavy atom. The molecule has 0 aliphatic carbocycles. The van der Waals surface area contributed by atoms with Crippen LogP contribution in [-0.4, -0.2) is 25.2 Å². The minimum Gasteiger partial charge on any atom is -0.478 e. The van der Waals surface area contributed by atoms with E-state index in [1.54, 1.807) is 18.2 Å². The number of nitrogens with one attached hydrogen (secondary N) is 1. The standard InChI is InChI=1S/C16H18N2O2/c1-11-8-9-12(10-15(11)18(2)3)17-14-7-5-4-6-13(14)16(19)20/h4-10,17H,1-3H3,(H,19,20). The molecule has 2 rings (SSSR count). The second kappa shape index (κ2) is 5.65. The second-order valence-corrected chi connectivity index (χ2v) is 4.87. The number of benzene rings is 2. The van der Waals surface area contributed by atoms with E-state index in [2.05, 4.69) is 5.32 Å². The lowest BCUT2D eigenvalue weighted by Gasteiger charge is -2.18. The van der Waals surface area contributed by atoms with Gasteiger partial charge in [0.1, 0.15) is 0 Å². The number of carboxylic acid groups (broad SMARTS) is 1. The van der Waals surface area contributed by atoms with Crippen LogP contribution in [0.2, 0.25) is 0 Å². The number of anilines is 3. The maximum atomic E-state index is 11.2. The first-order chi connectivity index (χ1) is 9.49. The van der Waals surface area contributed by atoms with Crippen LogP contribution in [0.15, 0.2) is 42.5 Å². The van der Waals surface area contributed by atoms with E-state index in [1.165, 1.54) is 5.56 Å². The summed E-state index contributed by atoms with van der Waals surface area (Å²) in [5, 5.41) is 12.4. The SMILES string of the molecule is Cc1ccc(Nc2ccccc2C(=O)O)cc1N(C)C. The molecule has 0 amide bonds. The lowest BCUT2D eigenvalue weighted by Crippen LogP contribution is -2.10. The Morgan fingerprint density at radius 1 is 1.15 bits per heavy atom. The number of carboxylic acids is 1. The van der Waals surface area contributed by atoms with Gasteiger partial charge in [0.15, 0.2) is 0 Å². The summed E-state index contributed by atoms with van der Waals surface area (Å²) in [7, 11) is 3.97. The number of nitrogens with zero attached hydrogens (tertiary/aromatic N) is 1. The van der Waals surface area contributed by atoms with Crippen molar-refractivity contribution in [2.75, 3.05) is 24.3 Å². The third-order valence-electron chi connectivity index (χ3n) is 3.13. The molecular weight excluding hydrogens is 252 g/mol. The highest BCUT2D eigenvalue weighted by molar-refractivity contribution is 5.95. The van der Waals surface area contributed by atoms with E-state index in [0.29, 0.717) is 5.69 Å². The average molecular weight is 270 g/mol. The van der Waals surface area contributed by atoms with E-state index in [9.17, 15) is 9.90 Å². The summed E-state index contributed by atoms with van der Waals surface area (Å²) in [4.78, 5) is 13.2. The van der Waals surface area contributed by atoms with Gasteiger partial charge in [-0.05, 0) is 36.8 Å². The molecule has 0 heterocycles.